The molecule has 1 unspecified atom stereocenters. The Kier molecular flexibility index (Phi) is 7.29. The lowest BCUT2D eigenvalue weighted by molar-refractivity contribution is 0.0298. The number of rotatable bonds is 8. The van der Waals surface area contributed by atoms with Crippen LogP contribution in [0.2, 0.25) is 0 Å². The first-order valence-corrected chi connectivity index (χ1v) is 7.89. The summed E-state index contributed by atoms with van der Waals surface area (Å²) >= 11 is 0. The summed E-state index contributed by atoms with van der Waals surface area (Å²) < 4.78 is 0. The predicted molar refractivity (Wildman–Crippen MR) is 81.3 cm³/mol. The minimum absolute atomic E-state index is 0.377. The molecule has 0 aromatic rings. The van der Waals surface area contributed by atoms with E-state index in [1.54, 1.807) is 0 Å². The van der Waals surface area contributed by atoms with E-state index in [1.807, 2.05) is 6.92 Å². The van der Waals surface area contributed by atoms with Crippen molar-refractivity contribution in [3.05, 3.63) is 0 Å². The molecule has 4 nitrogen and oxygen atoms in total. The van der Waals surface area contributed by atoms with Gasteiger partial charge in [-0.05, 0) is 65.3 Å². The standard InChI is InChI=1S/C15H33N3O/c1-4-15(19,13-16)9-6-10-17(3)14-7-11-18(5-2)12-8-14/h14,19H,4-13,16H2,1-3H3. The molecule has 1 heterocycles. The van der Waals surface area contributed by atoms with Crippen LogP contribution in [0.25, 0.3) is 0 Å². The quantitative estimate of drug-likeness (QED) is 0.698. The summed E-state index contributed by atoms with van der Waals surface area (Å²) in [6.45, 7) is 9.33. The zero-order chi connectivity index (χ0) is 14.3. The average molecular weight is 271 g/mol. The van der Waals surface area contributed by atoms with Gasteiger partial charge < -0.3 is 20.6 Å². The molecular weight excluding hydrogens is 238 g/mol. The largest absolute Gasteiger partial charge is 0.389 e. The van der Waals surface area contributed by atoms with Crippen molar-refractivity contribution in [1.82, 2.24) is 9.80 Å². The molecule has 1 saturated heterocycles. The molecule has 1 rings (SSSR count). The van der Waals surface area contributed by atoms with E-state index >= 15 is 0 Å². The van der Waals surface area contributed by atoms with E-state index in [-0.39, 0.29) is 0 Å². The summed E-state index contributed by atoms with van der Waals surface area (Å²) in [6.07, 6.45) is 5.16. The first kappa shape index (κ1) is 16.9. The Bertz CT molecular complexity index is 236. The number of aliphatic hydroxyl groups is 1. The molecule has 19 heavy (non-hydrogen) atoms. The Morgan fingerprint density at radius 3 is 2.42 bits per heavy atom. The zero-order valence-electron chi connectivity index (χ0n) is 13.1. The topological polar surface area (TPSA) is 52.7 Å². The fraction of sp³-hybridized carbons (Fsp3) is 1.00. The number of likely N-dealkylation sites (tertiary alicyclic amines) is 1. The van der Waals surface area contributed by atoms with Crippen LogP contribution >= 0.6 is 0 Å². The number of nitrogens with zero attached hydrogens (tertiary/aromatic N) is 2. The maximum absolute atomic E-state index is 10.2. The van der Waals surface area contributed by atoms with Crippen molar-refractivity contribution in [2.75, 3.05) is 39.8 Å². The van der Waals surface area contributed by atoms with Gasteiger partial charge >= 0.3 is 0 Å². The third-order valence-corrected chi connectivity index (χ3v) is 4.82. The lowest BCUT2D eigenvalue weighted by Gasteiger charge is -2.36. The third-order valence-electron chi connectivity index (χ3n) is 4.82. The van der Waals surface area contributed by atoms with Crippen molar-refractivity contribution < 1.29 is 5.11 Å². The second-order valence-electron chi connectivity index (χ2n) is 6.03. The van der Waals surface area contributed by atoms with Gasteiger partial charge in [0.1, 0.15) is 0 Å². The fourth-order valence-electron chi connectivity index (χ4n) is 2.94. The van der Waals surface area contributed by atoms with Crippen LogP contribution in [0.1, 0.15) is 46.0 Å². The van der Waals surface area contributed by atoms with Gasteiger partial charge in [-0.15, -0.1) is 0 Å². The number of hydrogen-bond acceptors (Lipinski definition) is 4. The summed E-state index contributed by atoms with van der Waals surface area (Å²) in [4.78, 5) is 4.99. The van der Waals surface area contributed by atoms with E-state index in [9.17, 15) is 5.11 Å². The molecule has 1 aliphatic rings. The lowest BCUT2D eigenvalue weighted by atomic mass is 9.94. The van der Waals surface area contributed by atoms with Crippen molar-refractivity contribution in [1.29, 1.82) is 0 Å². The van der Waals surface area contributed by atoms with Gasteiger partial charge in [0.25, 0.3) is 0 Å². The molecule has 0 bridgehead atoms. The van der Waals surface area contributed by atoms with E-state index in [0.29, 0.717) is 6.54 Å². The first-order valence-electron chi connectivity index (χ1n) is 7.89. The van der Waals surface area contributed by atoms with Crippen molar-refractivity contribution in [2.45, 2.75) is 57.6 Å². The van der Waals surface area contributed by atoms with Gasteiger partial charge in [-0.1, -0.05) is 13.8 Å². The molecule has 0 aliphatic carbocycles. The van der Waals surface area contributed by atoms with Crippen molar-refractivity contribution in [3.63, 3.8) is 0 Å². The minimum Gasteiger partial charge on any atom is -0.389 e. The Hall–Kier alpha value is -0.160. The Morgan fingerprint density at radius 1 is 1.32 bits per heavy atom. The molecule has 114 valence electrons. The molecule has 0 saturated carbocycles. The molecule has 1 atom stereocenters. The summed E-state index contributed by atoms with van der Waals surface area (Å²) in [6, 6.07) is 0.718. The fourth-order valence-corrected chi connectivity index (χ4v) is 2.94. The average Bonchev–Trinajstić information content (AvgIpc) is 2.47. The summed E-state index contributed by atoms with van der Waals surface area (Å²) in [5, 5.41) is 10.2. The van der Waals surface area contributed by atoms with Gasteiger partial charge in [0, 0.05) is 12.6 Å². The highest BCUT2D eigenvalue weighted by atomic mass is 16.3. The second-order valence-corrected chi connectivity index (χ2v) is 6.03. The second kappa shape index (κ2) is 8.20. The highest BCUT2D eigenvalue weighted by molar-refractivity contribution is 4.80. The predicted octanol–water partition coefficient (Wildman–Crippen LogP) is 1.28. The molecule has 0 radical (unpaired) electrons. The molecular formula is C15H33N3O. The maximum atomic E-state index is 10.2. The monoisotopic (exact) mass is 271 g/mol. The van der Waals surface area contributed by atoms with E-state index in [2.05, 4.69) is 23.8 Å². The van der Waals surface area contributed by atoms with E-state index in [1.165, 1.54) is 32.5 Å². The van der Waals surface area contributed by atoms with E-state index < -0.39 is 5.60 Å². The molecule has 1 aliphatic heterocycles. The molecule has 0 spiro atoms. The van der Waals surface area contributed by atoms with Gasteiger partial charge in [0.15, 0.2) is 0 Å². The Balaban J connectivity index is 2.23. The summed E-state index contributed by atoms with van der Waals surface area (Å²) in [5.41, 5.74) is 4.99. The summed E-state index contributed by atoms with van der Waals surface area (Å²) in [7, 11) is 2.22. The number of nitrogens with two attached hydrogens (primary N) is 1. The van der Waals surface area contributed by atoms with Crippen molar-refractivity contribution >= 4 is 0 Å². The molecule has 0 amide bonds. The highest BCUT2D eigenvalue weighted by Gasteiger charge is 2.24. The SMILES string of the molecule is CCN1CCC(N(C)CCCC(O)(CC)CN)CC1. The Morgan fingerprint density at radius 2 is 1.95 bits per heavy atom. The van der Waals surface area contributed by atoms with E-state index in [0.717, 1.165) is 31.8 Å². The van der Waals surface area contributed by atoms with Gasteiger partial charge in [0.05, 0.1) is 5.60 Å². The van der Waals surface area contributed by atoms with Crippen LogP contribution in [0, 0.1) is 0 Å². The van der Waals surface area contributed by atoms with Crippen LogP contribution in [-0.2, 0) is 0 Å². The number of hydrogen-bond donors (Lipinski definition) is 2. The minimum atomic E-state index is -0.646. The van der Waals surface area contributed by atoms with Crippen molar-refractivity contribution in [3.8, 4) is 0 Å². The van der Waals surface area contributed by atoms with Crippen LogP contribution in [0.15, 0.2) is 0 Å². The lowest BCUT2D eigenvalue weighted by Crippen LogP contribution is -2.44. The molecule has 0 aromatic heterocycles. The van der Waals surface area contributed by atoms with Crippen LogP contribution in [0.3, 0.4) is 0 Å². The molecule has 4 heteroatoms. The summed E-state index contributed by atoms with van der Waals surface area (Å²) in [5.74, 6) is 0. The van der Waals surface area contributed by atoms with Crippen LogP contribution < -0.4 is 5.73 Å². The smallest absolute Gasteiger partial charge is 0.0767 e. The van der Waals surface area contributed by atoms with Crippen LogP contribution in [-0.4, -0.2) is 66.3 Å². The normalized spacial score (nSPS) is 21.8. The van der Waals surface area contributed by atoms with E-state index in [4.69, 9.17) is 5.73 Å². The van der Waals surface area contributed by atoms with Gasteiger partial charge in [-0.3, -0.25) is 0 Å². The maximum Gasteiger partial charge on any atom is 0.0767 e. The third kappa shape index (κ3) is 5.38. The van der Waals surface area contributed by atoms with Crippen LogP contribution in [0.5, 0.6) is 0 Å². The van der Waals surface area contributed by atoms with Gasteiger partial charge in [0.2, 0.25) is 0 Å². The first-order chi connectivity index (χ1) is 9.04. The van der Waals surface area contributed by atoms with Gasteiger partial charge in [-0.2, -0.15) is 0 Å². The van der Waals surface area contributed by atoms with Crippen molar-refractivity contribution in [2.24, 2.45) is 5.73 Å². The molecule has 3 N–H and O–H groups in total. The number of piperidine rings is 1. The Labute approximate surface area is 118 Å². The zero-order valence-corrected chi connectivity index (χ0v) is 13.1. The highest BCUT2D eigenvalue weighted by Crippen LogP contribution is 2.18. The molecule has 0 aromatic carbocycles. The van der Waals surface area contributed by atoms with Crippen LogP contribution in [0.4, 0.5) is 0 Å². The molecule has 1 fully saturated rings. The van der Waals surface area contributed by atoms with Gasteiger partial charge in [-0.25, -0.2) is 0 Å².